The summed E-state index contributed by atoms with van der Waals surface area (Å²) < 4.78 is 25.9. The van der Waals surface area contributed by atoms with Gasteiger partial charge in [-0.2, -0.15) is 0 Å². The van der Waals surface area contributed by atoms with E-state index in [1.165, 1.54) is 6.07 Å². The first kappa shape index (κ1) is 16.6. The van der Waals surface area contributed by atoms with Gasteiger partial charge in [0.1, 0.15) is 0 Å². The van der Waals surface area contributed by atoms with E-state index >= 15 is 0 Å². The molecule has 0 bridgehead atoms. The van der Waals surface area contributed by atoms with Gasteiger partial charge in [0.2, 0.25) is 0 Å². The Morgan fingerprint density at radius 3 is 2.55 bits per heavy atom. The lowest BCUT2D eigenvalue weighted by Gasteiger charge is -2.18. The van der Waals surface area contributed by atoms with Crippen molar-refractivity contribution in [2.75, 3.05) is 6.54 Å². The molecule has 0 aliphatic heterocycles. The number of carbonyl (C=O) groups is 1. The van der Waals surface area contributed by atoms with Gasteiger partial charge in [-0.3, -0.25) is 4.79 Å². The van der Waals surface area contributed by atoms with Gasteiger partial charge in [-0.05, 0) is 42.9 Å². The number of carboxylic acids is 1. The molecule has 0 saturated carbocycles. The minimum Gasteiger partial charge on any atom is -0.481 e. The fourth-order valence-corrected chi connectivity index (χ4v) is 2.25. The third kappa shape index (κ3) is 4.89. The lowest BCUT2D eigenvalue weighted by Crippen LogP contribution is -2.26. The molecule has 2 atom stereocenters. The highest BCUT2D eigenvalue weighted by atomic mass is 19.2. The van der Waals surface area contributed by atoms with Gasteiger partial charge < -0.3 is 10.8 Å². The summed E-state index contributed by atoms with van der Waals surface area (Å²) in [6.45, 7) is 2.11. The predicted molar refractivity (Wildman–Crippen MR) is 73.3 cm³/mol. The van der Waals surface area contributed by atoms with Gasteiger partial charge in [0, 0.05) is 6.54 Å². The molecule has 0 saturated heterocycles. The Bertz CT molecular complexity index is 451. The molecule has 5 heteroatoms. The second kappa shape index (κ2) is 7.94. The monoisotopic (exact) mass is 285 g/mol. The quantitative estimate of drug-likeness (QED) is 0.772. The molecule has 3 nitrogen and oxygen atoms in total. The highest BCUT2D eigenvalue weighted by Gasteiger charge is 2.20. The summed E-state index contributed by atoms with van der Waals surface area (Å²) in [7, 11) is 0. The Morgan fingerprint density at radius 1 is 1.35 bits per heavy atom. The van der Waals surface area contributed by atoms with Crippen molar-refractivity contribution in [3.63, 3.8) is 0 Å². The van der Waals surface area contributed by atoms with Crippen molar-refractivity contribution in [3.8, 4) is 0 Å². The number of aryl methyl sites for hydroxylation is 1. The highest BCUT2D eigenvalue weighted by molar-refractivity contribution is 5.70. The van der Waals surface area contributed by atoms with Gasteiger partial charge in [-0.25, -0.2) is 8.78 Å². The summed E-state index contributed by atoms with van der Waals surface area (Å²) in [6, 6.07) is 3.87. The van der Waals surface area contributed by atoms with Crippen molar-refractivity contribution >= 4 is 5.97 Å². The molecule has 0 fully saturated rings. The summed E-state index contributed by atoms with van der Waals surface area (Å²) >= 11 is 0. The number of carboxylic acid groups (broad SMARTS) is 1. The zero-order chi connectivity index (χ0) is 15.1. The molecule has 112 valence electrons. The Kier molecular flexibility index (Phi) is 6.58. The normalized spacial score (nSPS) is 14.0. The van der Waals surface area contributed by atoms with Crippen molar-refractivity contribution in [2.45, 2.75) is 32.6 Å². The molecular weight excluding hydrogens is 264 g/mol. The molecular formula is C15H21F2NO2. The first-order chi connectivity index (χ1) is 9.47. The van der Waals surface area contributed by atoms with E-state index in [1.54, 1.807) is 6.07 Å². The zero-order valence-corrected chi connectivity index (χ0v) is 11.6. The molecule has 0 amide bonds. The second-order valence-corrected chi connectivity index (χ2v) is 5.07. The molecule has 0 aromatic heterocycles. The van der Waals surface area contributed by atoms with Crippen molar-refractivity contribution in [3.05, 3.63) is 35.4 Å². The molecule has 0 aliphatic rings. The lowest BCUT2D eigenvalue weighted by molar-refractivity contribution is -0.142. The van der Waals surface area contributed by atoms with Crippen molar-refractivity contribution in [2.24, 2.45) is 17.6 Å². The number of nitrogens with two attached hydrogens (primary N) is 1. The van der Waals surface area contributed by atoms with E-state index in [4.69, 9.17) is 10.8 Å². The van der Waals surface area contributed by atoms with Crippen molar-refractivity contribution in [1.82, 2.24) is 0 Å². The van der Waals surface area contributed by atoms with Crippen LogP contribution in [0, 0.1) is 23.5 Å². The van der Waals surface area contributed by atoms with E-state index in [1.807, 2.05) is 6.92 Å². The smallest absolute Gasteiger partial charge is 0.307 e. The van der Waals surface area contributed by atoms with Crippen LogP contribution in [0.25, 0.3) is 0 Å². The number of benzene rings is 1. The van der Waals surface area contributed by atoms with Gasteiger partial charge in [0.15, 0.2) is 11.6 Å². The van der Waals surface area contributed by atoms with Crippen LogP contribution in [-0.4, -0.2) is 17.6 Å². The van der Waals surface area contributed by atoms with E-state index in [2.05, 4.69) is 0 Å². The summed E-state index contributed by atoms with van der Waals surface area (Å²) in [5.41, 5.74) is 6.17. The molecule has 0 spiro atoms. The lowest BCUT2D eigenvalue weighted by atomic mass is 9.88. The average Bonchev–Trinajstić information content (AvgIpc) is 2.42. The van der Waals surface area contributed by atoms with Gasteiger partial charge in [0.25, 0.3) is 0 Å². The first-order valence-corrected chi connectivity index (χ1v) is 6.84. The summed E-state index contributed by atoms with van der Waals surface area (Å²) in [5, 5.41) is 9.00. The van der Waals surface area contributed by atoms with E-state index < -0.39 is 23.5 Å². The van der Waals surface area contributed by atoms with Gasteiger partial charge in [0.05, 0.1) is 5.92 Å². The van der Waals surface area contributed by atoms with Crippen LogP contribution in [0.4, 0.5) is 8.78 Å². The van der Waals surface area contributed by atoms with Crippen LogP contribution in [0.5, 0.6) is 0 Å². The fraction of sp³-hybridized carbons (Fsp3) is 0.533. The highest BCUT2D eigenvalue weighted by Crippen LogP contribution is 2.22. The average molecular weight is 285 g/mol. The Hall–Kier alpha value is -1.49. The SMILES string of the molecule is CCC(CCc1ccc(F)c(F)c1)CC(CN)C(=O)O. The largest absolute Gasteiger partial charge is 0.481 e. The number of rotatable bonds is 8. The van der Waals surface area contributed by atoms with E-state index in [0.717, 1.165) is 24.5 Å². The topological polar surface area (TPSA) is 63.3 Å². The van der Waals surface area contributed by atoms with Gasteiger partial charge >= 0.3 is 5.97 Å². The molecule has 2 unspecified atom stereocenters. The van der Waals surface area contributed by atoms with Gasteiger partial charge in [-0.1, -0.05) is 19.4 Å². The Morgan fingerprint density at radius 2 is 2.05 bits per heavy atom. The van der Waals surface area contributed by atoms with E-state index in [0.29, 0.717) is 12.8 Å². The molecule has 0 heterocycles. The third-order valence-corrected chi connectivity index (χ3v) is 3.65. The third-order valence-electron chi connectivity index (χ3n) is 3.65. The van der Waals surface area contributed by atoms with Crippen molar-refractivity contribution in [1.29, 1.82) is 0 Å². The number of aliphatic carboxylic acids is 1. The zero-order valence-electron chi connectivity index (χ0n) is 11.6. The molecule has 1 aromatic carbocycles. The van der Waals surface area contributed by atoms with Crippen molar-refractivity contribution < 1.29 is 18.7 Å². The van der Waals surface area contributed by atoms with Crippen LogP contribution >= 0.6 is 0 Å². The molecule has 0 aliphatic carbocycles. The Balaban J connectivity index is 2.56. The van der Waals surface area contributed by atoms with Gasteiger partial charge in [-0.15, -0.1) is 0 Å². The van der Waals surface area contributed by atoms with Crippen LogP contribution < -0.4 is 5.73 Å². The maximum absolute atomic E-state index is 13.1. The van der Waals surface area contributed by atoms with Crippen LogP contribution in [0.1, 0.15) is 31.7 Å². The maximum atomic E-state index is 13.1. The molecule has 1 rings (SSSR count). The van der Waals surface area contributed by atoms with E-state index in [9.17, 15) is 13.6 Å². The minimum atomic E-state index is -0.876. The molecule has 1 aromatic rings. The summed E-state index contributed by atoms with van der Waals surface area (Å²) in [5.74, 6) is -2.90. The standard InChI is InChI=1S/C15H21F2NO2/c1-2-10(7-12(9-18)15(19)20)3-4-11-5-6-13(16)14(17)8-11/h5-6,8,10,12H,2-4,7,9,18H2,1H3,(H,19,20). The Labute approximate surface area is 117 Å². The van der Waals surface area contributed by atoms with Crippen LogP contribution in [0.15, 0.2) is 18.2 Å². The molecule has 0 radical (unpaired) electrons. The second-order valence-electron chi connectivity index (χ2n) is 5.07. The van der Waals surface area contributed by atoms with E-state index in [-0.39, 0.29) is 12.5 Å². The molecule has 3 N–H and O–H groups in total. The first-order valence-electron chi connectivity index (χ1n) is 6.84. The minimum absolute atomic E-state index is 0.122. The van der Waals surface area contributed by atoms with Crippen LogP contribution in [0.3, 0.4) is 0 Å². The number of halogens is 2. The number of hydrogen-bond donors (Lipinski definition) is 2. The summed E-state index contributed by atoms with van der Waals surface area (Å²) in [6.07, 6.45) is 2.71. The fourth-order valence-electron chi connectivity index (χ4n) is 2.25. The van der Waals surface area contributed by atoms with Crippen LogP contribution in [-0.2, 0) is 11.2 Å². The maximum Gasteiger partial charge on any atom is 0.307 e. The molecule has 20 heavy (non-hydrogen) atoms. The number of hydrogen-bond acceptors (Lipinski definition) is 2. The van der Waals surface area contributed by atoms with Crippen LogP contribution in [0.2, 0.25) is 0 Å². The summed E-state index contributed by atoms with van der Waals surface area (Å²) in [4.78, 5) is 11.0. The predicted octanol–water partition coefficient (Wildman–Crippen LogP) is 2.97.